The Morgan fingerprint density at radius 3 is 1.87 bits per heavy atom. The molecule has 0 aliphatic carbocycles. The molecular weight excluding hydrogens is 537 g/mol. The summed E-state index contributed by atoms with van der Waals surface area (Å²) in [5.41, 5.74) is 1.67. The van der Waals surface area contributed by atoms with Gasteiger partial charge in [-0.2, -0.15) is 0 Å². The van der Waals surface area contributed by atoms with Crippen molar-refractivity contribution in [1.82, 2.24) is 0 Å². The third-order valence-corrected chi connectivity index (χ3v) is 6.36. The first-order chi connectivity index (χ1) is 18.8. The number of benzene rings is 4. The highest BCUT2D eigenvalue weighted by molar-refractivity contribution is 6.31. The molecule has 6 nitrogen and oxygen atoms in total. The summed E-state index contributed by atoms with van der Waals surface area (Å²) in [7, 11) is 0. The summed E-state index contributed by atoms with van der Waals surface area (Å²) in [4.78, 5) is 52.1. The molecule has 0 saturated heterocycles. The van der Waals surface area contributed by atoms with Crippen LogP contribution in [0.25, 0.3) is 0 Å². The molecule has 0 saturated carbocycles. The van der Waals surface area contributed by atoms with Crippen LogP contribution in [0.3, 0.4) is 0 Å². The number of carbonyl (C=O) groups excluding carboxylic acids is 4. The topological polar surface area (TPSA) is 89.5 Å². The van der Waals surface area contributed by atoms with Crippen LogP contribution in [0, 0.1) is 0 Å². The number of ketones is 3. The minimum atomic E-state index is -1.20. The summed E-state index contributed by atoms with van der Waals surface area (Å²) in [5.74, 6) is -1.90. The van der Waals surface area contributed by atoms with E-state index in [2.05, 4.69) is 5.32 Å². The van der Waals surface area contributed by atoms with E-state index in [9.17, 15) is 19.2 Å². The highest BCUT2D eigenvalue weighted by Crippen LogP contribution is 2.25. The molecule has 1 unspecified atom stereocenters. The van der Waals surface area contributed by atoms with Crippen LogP contribution < -0.4 is 5.32 Å². The van der Waals surface area contributed by atoms with Crippen molar-refractivity contribution in [2.75, 3.05) is 11.9 Å². The monoisotopic (exact) mass is 559 g/mol. The molecule has 4 rings (SSSR count). The third-order valence-electron chi connectivity index (χ3n) is 5.87. The molecule has 8 heteroatoms. The second kappa shape index (κ2) is 13.0. The van der Waals surface area contributed by atoms with Crippen LogP contribution in [0.1, 0.15) is 43.1 Å². The predicted octanol–water partition coefficient (Wildman–Crippen LogP) is 6.70. The lowest BCUT2D eigenvalue weighted by Crippen LogP contribution is -2.35. The maximum Gasteiger partial charge on any atom is 0.329 e. The minimum absolute atomic E-state index is 0.218. The molecule has 0 heterocycles. The second-order valence-corrected chi connectivity index (χ2v) is 9.49. The largest absolute Gasteiger partial charge is 0.456 e. The molecule has 0 aliphatic rings. The van der Waals surface area contributed by atoms with Gasteiger partial charge in [0.05, 0.1) is 0 Å². The number of carbonyl (C=O) groups is 4. The van der Waals surface area contributed by atoms with Crippen molar-refractivity contribution in [3.8, 4) is 0 Å². The minimum Gasteiger partial charge on any atom is -0.456 e. The normalized spacial score (nSPS) is 11.3. The van der Waals surface area contributed by atoms with Gasteiger partial charge in [0.25, 0.3) is 0 Å². The first-order valence-electron chi connectivity index (χ1n) is 12.0. The quantitative estimate of drug-likeness (QED) is 0.162. The number of esters is 1. The summed E-state index contributed by atoms with van der Waals surface area (Å²) in [5, 5.41) is 3.79. The standard InChI is InChI=1S/C31H23Cl2NO5/c32-23-13-11-21(12-14-23)29(36)19-39-31(38)27(18-28(35)20-7-3-1-4-8-20)34-26-16-15-24(33)17-25(26)30(37)22-9-5-2-6-10-22/h1-17,27,34H,18-19H2. The van der Waals surface area contributed by atoms with Gasteiger partial charge in [0.1, 0.15) is 6.04 Å². The Morgan fingerprint density at radius 1 is 0.667 bits per heavy atom. The van der Waals surface area contributed by atoms with Crippen LogP contribution in [0.5, 0.6) is 0 Å². The number of hydrogen-bond acceptors (Lipinski definition) is 6. The smallest absolute Gasteiger partial charge is 0.329 e. The highest BCUT2D eigenvalue weighted by Gasteiger charge is 2.27. The first kappa shape index (κ1) is 27.8. The molecule has 0 fully saturated rings. The second-order valence-electron chi connectivity index (χ2n) is 8.61. The molecule has 0 aromatic heterocycles. The highest BCUT2D eigenvalue weighted by atomic mass is 35.5. The van der Waals surface area contributed by atoms with Gasteiger partial charge in [0.2, 0.25) is 0 Å². The first-order valence-corrected chi connectivity index (χ1v) is 12.8. The van der Waals surface area contributed by atoms with Crippen LogP contribution >= 0.6 is 23.2 Å². The zero-order valence-electron chi connectivity index (χ0n) is 20.6. The Bertz CT molecular complexity index is 1490. The van der Waals surface area contributed by atoms with E-state index >= 15 is 0 Å². The van der Waals surface area contributed by atoms with Crippen molar-refractivity contribution in [1.29, 1.82) is 0 Å². The van der Waals surface area contributed by atoms with Gasteiger partial charge >= 0.3 is 5.97 Å². The van der Waals surface area contributed by atoms with Gasteiger partial charge in [-0.3, -0.25) is 14.4 Å². The predicted molar refractivity (Wildman–Crippen MR) is 151 cm³/mol. The van der Waals surface area contributed by atoms with E-state index < -0.39 is 24.4 Å². The molecule has 1 N–H and O–H groups in total. The summed E-state index contributed by atoms with van der Waals surface area (Å²) < 4.78 is 5.32. The molecule has 39 heavy (non-hydrogen) atoms. The zero-order chi connectivity index (χ0) is 27.8. The molecule has 4 aromatic rings. The lowest BCUT2D eigenvalue weighted by atomic mass is 9.99. The van der Waals surface area contributed by atoms with Crippen molar-refractivity contribution < 1.29 is 23.9 Å². The molecule has 4 aromatic carbocycles. The molecule has 0 amide bonds. The van der Waals surface area contributed by atoms with Gasteiger partial charge in [-0.25, -0.2) is 4.79 Å². The van der Waals surface area contributed by atoms with E-state index in [4.69, 9.17) is 27.9 Å². The lowest BCUT2D eigenvalue weighted by molar-refractivity contribution is -0.143. The van der Waals surface area contributed by atoms with E-state index in [-0.39, 0.29) is 23.6 Å². The van der Waals surface area contributed by atoms with E-state index in [1.54, 1.807) is 84.9 Å². The van der Waals surface area contributed by atoms with E-state index in [0.29, 0.717) is 32.4 Å². The summed E-state index contributed by atoms with van der Waals surface area (Å²) in [6.07, 6.45) is -0.278. The van der Waals surface area contributed by atoms with Crippen LogP contribution in [0.2, 0.25) is 10.0 Å². The van der Waals surface area contributed by atoms with Gasteiger partial charge < -0.3 is 10.1 Å². The molecular formula is C31H23Cl2NO5. The van der Waals surface area contributed by atoms with Crippen molar-refractivity contribution >= 4 is 52.2 Å². The maximum absolute atomic E-state index is 13.3. The van der Waals surface area contributed by atoms with E-state index in [1.165, 1.54) is 18.2 Å². The number of hydrogen-bond donors (Lipinski definition) is 1. The fourth-order valence-electron chi connectivity index (χ4n) is 3.84. The Hall–Kier alpha value is -4.26. The van der Waals surface area contributed by atoms with Crippen molar-refractivity contribution in [2.45, 2.75) is 12.5 Å². The van der Waals surface area contributed by atoms with Gasteiger partial charge in [-0.1, -0.05) is 83.9 Å². The number of nitrogens with one attached hydrogen (secondary N) is 1. The summed E-state index contributed by atoms with van der Waals surface area (Å²) in [6.45, 7) is -0.533. The number of Topliss-reactive ketones (excluding diaryl/α,β-unsaturated/α-hetero) is 2. The third kappa shape index (κ3) is 7.41. The fourth-order valence-corrected chi connectivity index (χ4v) is 4.14. The van der Waals surface area contributed by atoms with Crippen molar-refractivity contribution in [3.05, 3.63) is 135 Å². The molecule has 0 spiro atoms. The number of rotatable bonds is 11. The summed E-state index contributed by atoms with van der Waals surface area (Å²) in [6, 6.07) is 26.7. The SMILES string of the molecule is O=C(COC(=O)C(CC(=O)c1ccccc1)Nc1ccc(Cl)cc1C(=O)c1ccccc1)c1ccc(Cl)cc1. The molecule has 1 atom stereocenters. The van der Waals surface area contributed by atoms with Crippen molar-refractivity contribution in [2.24, 2.45) is 0 Å². The molecule has 196 valence electrons. The Balaban J connectivity index is 1.59. The number of ether oxygens (including phenoxy) is 1. The van der Waals surface area contributed by atoms with E-state index in [0.717, 1.165) is 0 Å². The van der Waals surface area contributed by atoms with Gasteiger partial charge in [-0.15, -0.1) is 0 Å². The van der Waals surface area contributed by atoms with Crippen LogP contribution in [-0.4, -0.2) is 36.0 Å². The lowest BCUT2D eigenvalue weighted by Gasteiger charge is -2.20. The van der Waals surface area contributed by atoms with Gasteiger partial charge in [-0.05, 0) is 42.5 Å². The Kier molecular flexibility index (Phi) is 9.26. The van der Waals surface area contributed by atoms with Crippen LogP contribution in [-0.2, 0) is 9.53 Å². The molecule has 0 radical (unpaired) electrons. The van der Waals surface area contributed by atoms with Crippen LogP contribution in [0.15, 0.2) is 103 Å². The number of anilines is 1. The average molecular weight is 560 g/mol. The van der Waals surface area contributed by atoms with Gasteiger partial charge in [0.15, 0.2) is 24.0 Å². The van der Waals surface area contributed by atoms with Gasteiger partial charge in [0, 0.05) is 44.4 Å². The zero-order valence-corrected chi connectivity index (χ0v) is 22.1. The summed E-state index contributed by atoms with van der Waals surface area (Å²) >= 11 is 12.1. The molecule has 0 aliphatic heterocycles. The number of halogens is 2. The fraction of sp³-hybridized carbons (Fsp3) is 0.0968. The average Bonchev–Trinajstić information content (AvgIpc) is 2.97. The maximum atomic E-state index is 13.3. The van der Waals surface area contributed by atoms with E-state index in [1.807, 2.05) is 0 Å². The molecule has 0 bridgehead atoms. The van der Waals surface area contributed by atoms with Crippen LogP contribution in [0.4, 0.5) is 5.69 Å². The Labute approximate surface area is 235 Å². The Morgan fingerprint density at radius 2 is 1.23 bits per heavy atom. The van der Waals surface area contributed by atoms with Crippen molar-refractivity contribution in [3.63, 3.8) is 0 Å².